The average Bonchev–Trinajstić information content (AvgIpc) is 3.43. The molecule has 0 amide bonds. The molecule has 1 aliphatic rings. The summed E-state index contributed by atoms with van der Waals surface area (Å²) in [6, 6.07) is 10.8. The Kier molecular flexibility index (Phi) is 6.83. The van der Waals surface area contributed by atoms with Crippen molar-refractivity contribution in [3.05, 3.63) is 54.0 Å². The second kappa shape index (κ2) is 9.76. The van der Waals surface area contributed by atoms with Crippen LogP contribution in [0.5, 0.6) is 0 Å². The number of pyridine rings is 1. The highest BCUT2D eigenvalue weighted by molar-refractivity contribution is 7.90. The average molecular weight is 458 g/mol. The number of rotatable bonds is 9. The van der Waals surface area contributed by atoms with Gasteiger partial charge >= 0.3 is 0 Å². The van der Waals surface area contributed by atoms with E-state index in [9.17, 15) is 8.42 Å². The summed E-state index contributed by atoms with van der Waals surface area (Å²) >= 11 is 0. The maximum atomic E-state index is 11.7. The van der Waals surface area contributed by atoms with Gasteiger partial charge in [-0.25, -0.2) is 13.4 Å². The van der Waals surface area contributed by atoms with Gasteiger partial charge in [0, 0.05) is 32.7 Å². The molecule has 1 atom stereocenters. The molecule has 1 aromatic carbocycles. The van der Waals surface area contributed by atoms with Gasteiger partial charge in [0.25, 0.3) is 0 Å². The number of sulfone groups is 1. The second-order valence-electron chi connectivity index (χ2n) is 7.82. The number of hydrogen-bond acceptors (Lipinski definition) is 9. The van der Waals surface area contributed by atoms with Crippen LogP contribution in [0.4, 0.5) is 5.82 Å². The van der Waals surface area contributed by atoms with Gasteiger partial charge in [0.1, 0.15) is 5.82 Å². The minimum Gasteiger partial charge on any atom is -0.383 e. The third-order valence-corrected chi connectivity index (χ3v) is 6.60. The van der Waals surface area contributed by atoms with Gasteiger partial charge in [-0.05, 0) is 49.2 Å². The van der Waals surface area contributed by atoms with Crippen LogP contribution in [0.2, 0.25) is 0 Å². The molecule has 9 nitrogen and oxygen atoms in total. The molecule has 1 unspecified atom stereocenters. The number of hydrogen-bond donors (Lipinski definition) is 1. The Morgan fingerprint density at radius 3 is 2.81 bits per heavy atom. The third-order valence-electron chi connectivity index (χ3n) is 5.47. The van der Waals surface area contributed by atoms with Crippen LogP contribution in [0.1, 0.15) is 30.3 Å². The lowest BCUT2D eigenvalue weighted by Gasteiger charge is -2.21. The highest BCUT2D eigenvalue weighted by Gasteiger charge is 2.31. The van der Waals surface area contributed by atoms with Crippen LogP contribution in [0.3, 0.4) is 0 Å². The highest BCUT2D eigenvalue weighted by Crippen LogP contribution is 2.34. The Morgan fingerprint density at radius 1 is 1.25 bits per heavy atom. The van der Waals surface area contributed by atoms with Crippen LogP contribution in [-0.4, -0.2) is 61.5 Å². The SMILES string of the molecule is COCCNc1ncccc1-c1noc(C2CCCN2Cc2ccc(S(C)(=O)=O)cc2)n1. The fraction of sp³-hybridized carbons (Fsp3) is 0.409. The smallest absolute Gasteiger partial charge is 0.244 e. The van der Waals surface area contributed by atoms with Crippen LogP contribution in [-0.2, 0) is 21.1 Å². The second-order valence-corrected chi connectivity index (χ2v) is 9.84. The predicted octanol–water partition coefficient (Wildman–Crippen LogP) is 2.93. The van der Waals surface area contributed by atoms with E-state index < -0.39 is 9.84 Å². The zero-order chi connectivity index (χ0) is 22.6. The summed E-state index contributed by atoms with van der Waals surface area (Å²) < 4.78 is 34.1. The minimum atomic E-state index is -3.20. The van der Waals surface area contributed by atoms with Crippen molar-refractivity contribution in [3.8, 4) is 11.4 Å². The van der Waals surface area contributed by atoms with Gasteiger partial charge in [-0.15, -0.1) is 0 Å². The first-order valence-electron chi connectivity index (χ1n) is 10.5. The first-order valence-corrected chi connectivity index (χ1v) is 12.4. The predicted molar refractivity (Wildman–Crippen MR) is 120 cm³/mol. The van der Waals surface area contributed by atoms with Gasteiger partial charge in [-0.2, -0.15) is 4.98 Å². The van der Waals surface area contributed by atoms with Crippen molar-refractivity contribution >= 4 is 15.7 Å². The van der Waals surface area contributed by atoms with E-state index in [1.807, 2.05) is 24.3 Å². The normalized spacial score (nSPS) is 17.0. The van der Waals surface area contributed by atoms with Gasteiger partial charge in [-0.1, -0.05) is 17.3 Å². The Labute approximate surface area is 187 Å². The molecule has 10 heteroatoms. The lowest BCUT2D eigenvalue weighted by atomic mass is 10.2. The molecule has 2 aromatic heterocycles. The first kappa shape index (κ1) is 22.4. The van der Waals surface area contributed by atoms with Gasteiger partial charge < -0.3 is 14.6 Å². The Bertz CT molecular complexity index is 1150. The molecule has 1 fully saturated rings. The van der Waals surface area contributed by atoms with E-state index in [0.29, 0.717) is 42.1 Å². The summed E-state index contributed by atoms with van der Waals surface area (Å²) in [5.74, 6) is 1.76. The summed E-state index contributed by atoms with van der Waals surface area (Å²) in [6.07, 6.45) is 4.88. The standard InChI is InChI=1S/C22H27N5O4S/c1-30-14-12-24-20-18(5-3-11-23-20)21-25-22(31-26-21)19-6-4-13-27(19)15-16-7-9-17(10-8-16)32(2,28)29/h3,5,7-11,19H,4,6,12-15H2,1-2H3,(H,23,24). The van der Waals surface area contributed by atoms with Crippen LogP contribution < -0.4 is 5.32 Å². The number of methoxy groups -OCH3 is 1. The highest BCUT2D eigenvalue weighted by atomic mass is 32.2. The Balaban J connectivity index is 1.49. The molecule has 170 valence electrons. The van der Waals surface area contributed by atoms with E-state index >= 15 is 0 Å². The molecular weight excluding hydrogens is 430 g/mol. The van der Waals surface area contributed by atoms with E-state index in [1.165, 1.54) is 6.26 Å². The Hall–Kier alpha value is -2.82. The van der Waals surface area contributed by atoms with Crippen LogP contribution >= 0.6 is 0 Å². The fourth-order valence-corrected chi connectivity index (χ4v) is 4.48. The molecule has 0 radical (unpaired) electrons. The maximum Gasteiger partial charge on any atom is 0.244 e. The molecule has 1 N–H and O–H groups in total. The van der Waals surface area contributed by atoms with Crippen molar-refractivity contribution in [1.29, 1.82) is 0 Å². The van der Waals surface area contributed by atoms with Crippen molar-refractivity contribution < 1.29 is 17.7 Å². The zero-order valence-electron chi connectivity index (χ0n) is 18.2. The van der Waals surface area contributed by atoms with E-state index in [0.717, 1.165) is 30.5 Å². The van der Waals surface area contributed by atoms with Crippen molar-refractivity contribution in [2.75, 3.05) is 38.4 Å². The summed E-state index contributed by atoms with van der Waals surface area (Å²) in [5, 5.41) is 7.45. The van der Waals surface area contributed by atoms with Crippen molar-refractivity contribution in [2.45, 2.75) is 30.3 Å². The number of benzene rings is 1. The van der Waals surface area contributed by atoms with Crippen LogP contribution in [0.15, 0.2) is 52.0 Å². The number of ether oxygens (including phenoxy) is 1. The van der Waals surface area contributed by atoms with Gasteiger partial charge in [0.05, 0.1) is 23.1 Å². The lowest BCUT2D eigenvalue weighted by Crippen LogP contribution is -2.23. The van der Waals surface area contributed by atoms with Gasteiger partial charge in [-0.3, -0.25) is 4.90 Å². The fourth-order valence-electron chi connectivity index (χ4n) is 3.85. The summed E-state index contributed by atoms with van der Waals surface area (Å²) in [7, 11) is -1.55. The van der Waals surface area contributed by atoms with Crippen LogP contribution in [0, 0.1) is 0 Å². The largest absolute Gasteiger partial charge is 0.383 e. The number of nitrogens with one attached hydrogen (secondary N) is 1. The van der Waals surface area contributed by atoms with E-state index in [1.54, 1.807) is 25.4 Å². The maximum absolute atomic E-state index is 11.7. The minimum absolute atomic E-state index is 0.0207. The zero-order valence-corrected chi connectivity index (χ0v) is 19.0. The molecule has 1 aliphatic heterocycles. The molecule has 3 heterocycles. The summed E-state index contributed by atoms with van der Waals surface area (Å²) in [4.78, 5) is 11.7. The molecule has 0 aliphatic carbocycles. The molecule has 0 saturated carbocycles. The summed E-state index contributed by atoms with van der Waals surface area (Å²) in [5.41, 5.74) is 1.82. The van der Waals surface area contributed by atoms with Gasteiger partial charge in [0.15, 0.2) is 9.84 Å². The quantitative estimate of drug-likeness (QED) is 0.485. The first-order chi connectivity index (χ1) is 15.5. The van der Waals surface area contributed by atoms with Crippen molar-refractivity contribution in [2.24, 2.45) is 0 Å². The molecule has 32 heavy (non-hydrogen) atoms. The van der Waals surface area contributed by atoms with E-state index in [-0.39, 0.29) is 6.04 Å². The molecule has 0 bridgehead atoms. The van der Waals surface area contributed by atoms with Crippen LogP contribution in [0.25, 0.3) is 11.4 Å². The van der Waals surface area contributed by atoms with Crippen molar-refractivity contribution in [1.82, 2.24) is 20.0 Å². The topological polar surface area (TPSA) is 110 Å². The molecule has 4 rings (SSSR count). The molecule has 0 spiro atoms. The molecule has 1 saturated heterocycles. The Morgan fingerprint density at radius 2 is 2.06 bits per heavy atom. The number of anilines is 1. The number of aromatic nitrogens is 3. The monoisotopic (exact) mass is 457 g/mol. The van der Waals surface area contributed by atoms with Gasteiger partial charge in [0.2, 0.25) is 11.7 Å². The summed E-state index contributed by atoms with van der Waals surface area (Å²) in [6.45, 7) is 2.78. The van der Waals surface area contributed by atoms with E-state index in [2.05, 4.69) is 25.3 Å². The number of likely N-dealkylation sites (tertiary alicyclic amines) is 1. The lowest BCUT2D eigenvalue weighted by molar-refractivity contribution is 0.201. The third kappa shape index (κ3) is 5.14. The molecule has 3 aromatic rings. The van der Waals surface area contributed by atoms with E-state index in [4.69, 9.17) is 9.26 Å². The molecular formula is C22H27N5O4S. The number of nitrogens with zero attached hydrogens (tertiary/aromatic N) is 4. The van der Waals surface area contributed by atoms with Crippen molar-refractivity contribution in [3.63, 3.8) is 0 Å².